The quantitative estimate of drug-likeness (QED) is 0.862. The number of aryl methyl sites for hydroxylation is 2. The molecule has 1 aromatic heterocycles. The minimum absolute atomic E-state index is 0.200. The van der Waals surface area contributed by atoms with Crippen LogP contribution in [0.4, 0.5) is 0 Å². The molecule has 1 aliphatic carbocycles. The highest BCUT2D eigenvalue weighted by atomic mass is 79.9. The van der Waals surface area contributed by atoms with Gasteiger partial charge in [0.05, 0.1) is 22.0 Å². The number of aromatic nitrogens is 2. The van der Waals surface area contributed by atoms with E-state index in [2.05, 4.69) is 58.7 Å². The van der Waals surface area contributed by atoms with Crippen molar-refractivity contribution >= 4 is 15.9 Å². The number of rotatable bonds is 6. The van der Waals surface area contributed by atoms with E-state index in [1.54, 1.807) is 7.11 Å². The van der Waals surface area contributed by atoms with Crippen LogP contribution in [0.1, 0.15) is 45.5 Å². The molecule has 1 saturated carbocycles. The van der Waals surface area contributed by atoms with Crippen molar-refractivity contribution in [2.75, 3.05) is 7.11 Å². The van der Waals surface area contributed by atoms with Crippen LogP contribution in [0.5, 0.6) is 0 Å². The standard InChI is InChI=1S/C15H26BrN3O/c1-6-10-14(16)11(19(7-2)18-10)9-17-12-8-13(20-5)15(12,3)4/h12-13,17H,6-9H2,1-5H3. The highest BCUT2D eigenvalue weighted by molar-refractivity contribution is 9.10. The summed E-state index contributed by atoms with van der Waals surface area (Å²) in [5.74, 6) is 0. The zero-order valence-corrected chi connectivity index (χ0v) is 14.7. The molecule has 2 rings (SSSR count). The highest BCUT2D eigenvalue weighted by Gasteiger charge is 2.48. The van der Waals surface area contributed by atoms with E-state index in [-0.39, 0.29) is 5.41 Å². The van der Waals surface area contributed by atoms with Crippen LogP contribution in [-0.2, 0) is 24.2 Å². The van der Waals surface area contributed by atoms with E-state index in [0.29, 0.717) is 12.1 Å². The Labute approximate surface area is 130 Å². The summed E-state index contributed by atoms with van der Waals surface area (Å²) in [5, 5.41) is 8.31. The fourth-order valence-corrected chi connectivity index (χ4v) is 3.74. The van der Waals surface area contributed by atoms with Crippen LogP contribution in [0.2, 0.25) is 0 Å². The van der Waals surface area contributed by atoms with Crippen molar-refractivity contribution in [2.24, 2.45) is 5.41 Å². The molecular weight excluding hydrogens is 318 g/mol. The molecule has 0 aliphatic heterocycles. The summed E-state index contributed by atoms with van der Waals surface area (Å²) in [5.41, 5.74) is 2.60. The number of methoxy groups -OCH3 is 1. The molecule has 0 radical (unpaired) electrons. The molecule has 0 aromatic carbocycles. The van der Waals surface area contributed by atoms with Crippen LogP contribution in [0.15, 0.2) is 4.47 Å². The van der Waals surface area contributed by atoms with Gasteiger partial charge in [-0.05, 0) is 35.7 Å². The predicted molar refractivity (Wildman–Crippen MR) is 84.8 cm³/mol. The van der Waals surface area contributed by atoms with Gasteiger partial charge >= 0.3 is 0 Å². The lowest BCUT2D eigenvalue weighted by Crippen LogP contribution is -2.60. The summed E-state index contributed by atoms with van der Waals surface area (Å²) in [6, 6.07) is 0.504. The van der Waals surface area contributed by atoms with Crippen molar-refractivity contribution in [1.29, 1.82) is 0 Å². The van der Waals surface area contributed by atoms with Crippen LogP contribution >= 0.6 is 15.9 Å². The lowest BCUT2D eigenvalue weighted by atomic mass is 9.64. The molecule has 0 spiro atoms. The van der Waals surface area contributed by atoms with Gasteiger partial charge in [0.2, 0.25) is 0 Å². The van der Waals surface area contributed by atoms with Gasteiger partial charge in [-0.25, -0.2) is 0 Å². The Morgan fingerprint density at radius 1 is 1.45 bits per heavy atom. The van der Waals surface area contributed by atoms with E-state index in [0.717, 1.165) is 36.1 Å². The molecule has 20 heavy (non-hydrogen) atoms. The monoisotopic (exact) mass is 343 g/mol. The average Bonchev–Trinajstić information content (AvgIpc) is 2.74. The summed E-state index contributed by atoms with van der Waals surface area (Å²) in [6.45, 7) is 10.6. The summed E-state index contributed by atoms with van der Waals surface area (Å²) >= 11 is 3.70. The first-order chi connectivity index (χ1) is 9.45. The van der Waals surface area contributed by atoms with Crippen molar-refractivity contribution in [3.8, 4) is 0 Å². The van der Waals surface area contributed by atoms with Gasteiger partial charge in [0.25, 0.3) is 0 Å². The molecule has 1 aliphatic rings. The molecule has 2 atom stereocenters. The first-order valence-electron chi connectivity index (χ1n) is 7.45. The first-order valence-corrected chi connectivity index (χ1v) is 8.25. The molecule has 1 aromatic rings. The van der Waals surface area contributed by atoms with Gasteiger partial charge in [0, 0.05) is 31.7 Å². The summed E-state index contributed by atoms with van der Waals surface area (Å²) < 4.78 is 8.76. The molecule has 2 unspecified atom stereocenters. The zero-order valence-electron chi connectivity index (χ0n) is 13.2. The summed E-state index contributed by atoms with van der Waals surface area (Å²) in [4.78, 5) is 0. The molecule has 0 saturated heterocycles. The first kappa shape index (κ1) is 16.0. The van der Waals surface area contributed by atoms with E-state index in [1.807, 2.05) is 0 Å². The molecule has 5 heteroatoms. The maximum atomic E-state index is 5.51. The Morgan fingerprint density at radius 3 is 2.65 bits per heavy atom. The largest absolute Gasteiger partial charge is 0.381 e. The second kappa shape index (κ2) is 6.16. The molecule has 1 N–H and O–H groups in total. The fourth-order valence-electron chi connectivity index (χ4n) is 3.04. The van der Waals surface area contributed by atoms with Crippen LogP contribution in [0, 0.1) is 5.41 Å². The number of halogens is 1. The van der Waals surface area contributed by atoms with Gasteiger partial charge < -0.3 is 10.1 Å². The second-order valence-corrected chi connectivity index (χ2v) is 6.88. The van der Waals surface area contributed by atoms with Crippen molar-refractivity contribution in [1.82, 2.24) is 15.1 Å². The minimum atomic E-state index is 0.200. The van der Waals surface area contributed by atoms with Gasteiger partial charge in [-0.2, -0.15) is 5.10 Å². The molecule has 4 nitrogen and oxygen atoms in total. The summed E-state index contributed by atoms with van der Waals surface area (Å²) in [7, 11) is 1.80. The molecule has 1 fully saturated rings. The Balaban J connectivity index is 2.03. The minimum Gasteiger partial charge on any atom is -0.381 e. The van der Waals surface area contributed by atoms with Crippen molar-refractivity contribution in [3.63, 3.8) is 0 Å². The smallest absolute Gasteiger partial charge is 0.0767 e. The van der Waals surface area contributed by atoms with E-state index in [1.165, 1.54) is 5.69 Å². The van der Waals surface area contributed by atoms with Gasteiger partial charge in [0.1, 0.15) is 0 Å². The highest BCUT2D eigenvalue weighted by Crippen LogP contribution is 2.42. The zero-order chi connectivity index (χ0) is 14.9. The van der Waals surface area contributed by atoms with Crippen molar-refractivity contribution < 1.29 is 4.74 Å². The molecule has 114 valence electrons. The Morgan fingerprint density at radius 2 is 2.15 bits per heavy atom. The normalized spacial score (nSPS) is 24.7. The molecular formula is C15H26BrN3O. The van der Waals surface area contributed by atoms with Gasteiger partial charge in [-0.15, -0.1) is 0 Å². The lowest BCUT2D eigenvalue weighted by Gasteiger charge is -2.51. The van der Waals surface area contributed by atoms with Gasteiger partial charge in [0.15, 0.2) is 0 Å². The topological polar surface area (TPSA) is 39.1 Å². The predicted octanol–water partition coefficient (Wildman–Crippen LogP) is 3.13. The Bertz CT molecular complexity index is 470. The van der Waals surface area contributed by atoms with Crippen LogP contribution in [0.25, 0.3) is 0 Å². The van der Waals surface area contributed by atoms with Gasteiger partial charge in [-0.3, -0.25) is 4.68 Å². The number of nitrogens with zero attached hydrogens (tertiary/aromatic N) is 2. The number of hydrogen-bond donors (Lipinski definition) is 1. The third kappa shape index (κ3) is 2.68. The average molecular weight is 344 g/mol. The number of ether oxygens (including phenoxy) is 1. The molecule has 0 bridgehead atoms. The van der Waals surface area contributed by atoms with E-state index in [4.69, 9.17) is 4.74 Å². The van der Waals surface area contributed by atoms with E-state index < -0.39 is 0 Å². The maximum Gasteiger partial charge on any atom is 0.0767 e. The Kier molecular flexibility index (Phi) is 4.92. The third-order valence-corrected chi connectivity index (χ3v) is 5.59. The SMILES string of the molecule is CCc1nn(CC)c(CNC2CC(OC)C2(C)C)c1Br. The van der Waals surface area contributed by atoms with E-state index in [9.17, 15) is 0 Å². The molecule has 0 amide bonds. The number of hydrogen-bond acceptors (Lipinski definition) is 3. The van der Waals surface area contributed by atoms with Crippen molar-refractivity contribution in [2.45, 2.75) is 65.8 Å². The van der Waals surface area contributed by atoms with Crippen molar-refractivity contribution in [3.05, 3.63) is 15.9 Å². The van der Waals surface area contributed by atoms with Gasteiger partial charge in [-0.1, -0.05) is 20.8 Å². The van der Waals surface area contributed by atoms with Crippen LogP contribution in [-0.4, -0.2) is 29.0 Å². The maximum absolute atomic E-state index is 5.51. The third-order valence-electron chi connectivity index (χ3n) is 4.67. The van der Waals surface area contributed by atoms with E-state index >= 15 is 0 Å². The fraction of sp³-hybridized carbons (Fsp3) is 0.800. The Hall–Kier alpha value is -0.390. The lowest BCUT2D eigenvalue weighted by molar-refractivity contribution is -0.0980. The summed E-state index contributed by atoms with van der Waals surface area (Å²) in [6.07, 6.45) is 2.41. The number of nitrogens with one attached hydrogen (secondary N) is 1. The van der Waals surface area contributed by atoms with Crippen LogP contribution < -0.4 is 5.32 Å². The molecule has 1 heterocycles. The van der Waals surface area contributed by atoms with Crippen LogP contribution in [0.3, 0.4) is 0 Å². The second-order valence-electron chi connectivity index (χ2n) is 6.09.